The Labute approximate surface area is 149 Å². The third-order valence-corrected chi connectivity index (χ3v) is 4.65. The molecular weight excluding hydrogens is 322 g/mol. The molecule has 1 aliphatic rings. The minimum atomic E-state index is -0.0215. The lowest BCUT2D eigenvalue weighted by molar-refractivity contribution is -0.119. The average Bonchev–Trinajstić information content (AvgIpc) is 2.81. The van der Waals surface area contributed by atoms with E-state index >= 15 is 0 Å². The van der Waals surface area contributed by atoms with Crippen LogP contribution in [0.15, 0.2) is 46.5 Å². The Morgan fingerprint density at radius 3 is 2.25 bits per heavy atom. The summed E-state index contributed by atoms with van der Waals surface area (Å²) in [5.74, 6) is 0.112. The number of hydrogen-bond donors (Lipinski definition) is 2. The van der Waals surface area contributed by atoms with Crippen molar-refractivity contribution in [1.82, 2.24) is 10.2 Å². The van der Waals surface area contributed by atoms with Gasteiger partial charge in [-0.2, -0.15) is 0 Å². The summed E-state index contributed by atoms with van der Waals surface area (Å²) in [7, 11) is 0. The first kappa shape index (κ1) is 19.8. The summed E-state index contributed by atoms with van der Waals surface area (Å²) in [5.41, 5.74) is 8.33. The van der Waals surface area contributed by atoms with Crippen molar-refractivity contribution in [3.8, 4) is 0 Å². The average molecular weight is 350 g/mol. The fourth-order valence-corrected chi connectivity index (χ4v) is 3.17. The fraction of sp³-hybridized carbons (Fsp3) is 0.333. The summed E-state index contributed by atoms with van der Waals surface area (Å²) in [5, 5.41) is 3.66. The molecule has 5 nitrogen and oxygen atoms in total. The number of rotatable bonds is 4. The zero-order valence-corrected chi connectivity index (χ0v) is 15.5. The zero-order chi connectivity index (χ0) is 18.3. The van der Waals surface area contributed by atoms with Crippen LogP contribution in [0.25, 0.3) is 0 Å². The van der Waals surface area contributed by atoms with E-state index in [1.165, 1.54) is 18.7 Å². The maximum absolute atomic E-state index is 11.1. The molecule has 0 radical (unpaired) electrons. The topological polar surface area (TPSA) is 75.4 Å². The quantitative estimate of drug-likeness (QED) is 0.814. The Morgan fingerprint density at radius 2 is 1.88 bits per heavy atom. The Morgan fingerprint density at radius 1 is 1.29 bits per heavy atom. The van der Waals surface area contributed by atoms with Crippen molar-refractivity contribution in [2.75, 3.05) is 12.3 Å². The molecule has 0 fully saturated rings. The SMILES string of the molecule is C=C1SC(C(C)=O)=C(C)N1CC.CC(=O)NCc1ccc(N)cc1.[HH]. The molecule has 1 aromatic carbocycles. The highest BCUT2D eigenvalue weighted by molar-refractivity contribution is 8.07. The highest BCUT2D eigenvalue weighted by Crippen LogP contribution is 2.39. The van der Waals surface area contributed by atoms with E-state index in [1.807, 2.05) is 31.2 Å². The fourth-order valence-electron chi connectivity index (χ4n) is 2.16. The van der Waals surface area contributed by atoms with Crippen LogP contribution in [0.5, 0.6) is 0 Å². The van der Waals surface area contributed by atoms with Gasteiger partial charge in [-0.25, -0.2) is 0 Å². The first-order valence-corrected chi connectivity index (χ1v) is 8.52. The molecule has 3 N–H and O–H groups in total. The molecular formula is C18H27N3O2S. The van der Waals surface area contributed by atoms with Crippen LogP contribution < -0.4 is 11.1 Å². The summed E-state index contributed by atoms with van der Waals surface area (Å²) in [6.45, 7) is 12.4. The third kappa shape index (κ3) is 5.77. The molecule has 1 heterocycles. The number of Topliss-reactive ketones (excluding diaryl/α,β-unsaturated/α-hetero) is 1. The van der Waals surface area contributed by atoms with Crippen LogP contribution in [-0.4, -0.2) is 23.1 Å². The standard InChI is InChI=1S/C9H12N2O.C9H13NOS.H2/c1-7(12)11-6-8-2-4-9(10)5-3-8;1-5-10-6(2)9(7(3)11)12-8(10)4;/h2-5H,6,10H2,1H3,(H,11,12);4-5H2,1-3H3;1H. The molecule has 0 aliphatic carbocycles. The number of nitrogens with one attached hydrogen (secondary N) is 1. The first-order valence-electron chi connectivity index (χ1n) is 7.71. The molecule has 1 amide bonds. The maximum atomic E-state index is 11.1. The number of thioether (sulfide) groups is 1. The number of carbonyl (C=O) groups is 2. The van der Waals surface area contributed by atoms with Crippen LogP contribution in [0, 0.1) is 0 Å². The molecule has 24 heavy (non-hydrogen) atoms. The van der Waals surface area contributed by atoms with Gasteiger partial charge in [0.1, 0.15) is 0 Å². The van der Waals surface area contributed by atoms with Gasteiger partial charge in [0.05, 0.1) is 9.93 Å². The molecule has 0 saturated heterocycles. The number of hydrogen-bond acceptors (Lipinski definition) is 5. The van der Waals surface area contributed by atoms with E-state index in [-0.39, 0.29) is 13.1 Å². The molecule has 0 saturated carbocycles. The van der Waals surface area contributed by atoms with Gasteiger partial charge in [-0.05, 0) is 38.5 Å². The number of carbonyl (C=O) groups excluding carboxylic acids is 2. The van der Waals surface area contributed by atoms with Crippen molar-refractivity contribution in [3.63, 3.8) is 0 Å². The summed E-state index contributed by atoms with van der Waals surface area (Å²) in [6.07, 6.45) is 0. The normalized spacial score (nSPS) is 13.5. The zero-order valence-electron chi connectivity index (χ0n) is 14.7. The maximum Gasteiger partial charge on any atom is 0.217 e. The van der Waals surface area contributed by atoms with E-state index in [4.69, 9.17) is 5.73 Å². The van der Waals surface area contributed by atoms with Gasteiger partial charge in [0.15, 0.2) is 5.78 Å². The summed E-state index contributed by atoms with van der Waals surface area (Å²) < 4.78 is 0. The van der Waals surface area contributed by atoms with E-state index in [0.717, 1.165) is 33.4 Å². The lowest BCUT2D eigenvalue weighted by atomic mass is 10.2. The number of nitrogens with zero attached hydrogens (tertiary/aromatic N) is 1. The molecule has 2 rings (SSSR count). The minimum absolute atomic E-state index is 0. The highest BCUT2D eigenvalue weighted by Gasteiger charge is 2.24. The van der Waals surface area contributed by atoms with E-state index in [1.54, 1.807) is 6.92 Å². The number of anilines is 1. The highest BCUT2D eigenvalue weighted by atomic mass is 32.2. The number of nitrogens with two attached hydrogens (primary N) is 1. The third-order valence-electron chi connectivity index (χ3n) is 3.41. The van der Waals surface area contributed by atoms with Gasteiger partial charge < -0.3 is 16.0 Å². The van der Waals surface area contributed by atoms with E-state index < -0.39 is 0 Å². The van der Waals surface area contributed by atoms with E-state index in [0.29, 0.717) is 6.54 Å². The van der Waals surface area contributed by atoms with Crippen LogP contribution in [-0.2, 0) is 16.1 Å². The van der Waals surface area contributed by atoms with Crippen molar-refractivity contribution >= 4 is 29.1 Å². The van der Waals surface area contributed by atoms with Crippen molar-refractivity contribution in [1.29, 1.82) is 0 Å². The van der Waals surface area contributed by atoms with Gasteiger partial charge in [-0.15, -0.1) is 0 Å². The van der Waals surface area contributed by atoms with Crippen LogP contribution in [0.1, 0.15) is 34.7 Å². The van der Waals surface area contributed by atoms with Gasteiger partial charge in [-0.1, -0.05) is 30.5 Å². The molecule has 0 atom stereocenters. The van der Waals surface area contributed by atoms with Gasteiger partial charge in [0.25, 0.3) is 0 Å². The Bertz CT molecular complexity index is 657. The molecule has 132 valence electrons. The Hall–Kier alpha value is -2.21. The first-order chi connectivity index (χ1) is 11.3. The van der Waals surface area contributed by atoms with E-state index in [2.05, 4.69) is 23.7 Å². The van der Waals surface area contributed by atoms with Gasteiger partial charge in [0, 0.05) is 32.8 Å². The number of ketones is 1. The molecule has 1 aliphatic heterocycles. The Balaban J connectivity index is 0.000000443. The van der Waals surface area contributed by atoms with Crippen molar-refractivity contribution in [3.05, 3.63) is 52.0 Å². The number of allylic oxidation sites excluding steroid dienone is 2. The predicted octanol–water partition coefficient (Wildman–Crippen LogP) is 3.50. The molecule has 0 bridgehead atoms. The second-order valence-electron chi connectivity index (χ2n) is 5.36. The van der Waals surface area contributed by atoms with Crippen LogP contribution in [0.2, 0.25) is 0 Å². The summed E-state index contributed by atoms with van der Waals surface area (Å²) in [4.78, 5) is 24.6. The summed E-state index contributed by atoms with van der Waals surface area (Å²) in [6, 6.07) is 7.42. The number of nitrogen functional groups attached to an aromatic ring is 1. The Kier molecular flexibility index (Phi) is 7.58. The van der Waals surface area contributed by atoms with Crippen molar-refractivity contribution < 1.29 is 11.0 Å². The van der Waals surface area contributed by atoms with E-state index in [9.17, 15) is 9.59 Å². The van der Waals surface area contributed by atoms with Gasteiger partial charge >= 0.3 is 0 Å². The summed E-state index contributed by atoms with van der Waals surface area (Å²) >= 11 is 1.48. The molecule has 1 aromatic rings. The van der Waals surface area contributed by atoms with Crippen molar-refractivity contribution in [2.45, 2.75) is 34.2 Å². The second-order valence-corrected chi connectivity index (χ2v) is 6.45. The molecule has 6 heteroatoms. The second kappa shape index (κ2) is 9.17. The smallest absolute Gasteiger partial charge is 0.217 e. The van der Waals surface area contributed by atoms with Crippen LogP contribution >= 0.6 is 11.8 Å². The van der Waals surface area contributed by atoms with Crippen molar-refractivity contribution in [2.24, 2.45) is 0 Å². The molecule has 0 aromatic heterocycles. The minimum Gasteiger partial charge on any atom is -0.399 e. The number of benzene rings is 1. The predicted molar refractivity (Wildman–Crippen MR) is 103 cm³/mol. The number of amides is 1. The van der Waals surface area contributed by atoms with Gasteiger partial charge in [0.2, 0.25) is 5.91 Å². The monoisotopic (exact) mass is 349 g/mol. The lowest BCUT2D eigenvalue weighted by Crippen LogP contribution is -2.18. The van der Waals surface area contributed by atoms with Crippen LogP contribution in [0.3, 0.4) is 0 Å². The van der Waals surface area contributed by atoms with Crippen LogP contribution in [0.4, 0.5) is 5.69 Å². The largest absolute Gasteiger partial charge is 0.399 e. The lowest BCUT2D eigenvalue weighted by Gasteiger charge is -2.17. The molecule has 0 unspecified atom stereocenters. The van der Waals surface area contributed by atoms with Gasteiger partial charge in [-0.3, -0.25) is 9.59 Å². The molecule has 0 spiro atoms.